The van der Waals surface area contributed by atoms with Gasteiger partial charge in [0.25, 0.3) is 5.56 Å². The molecule has 0 atom stereocenters. The van der Waals surface area contributed by atoms with Crippen LogP contribution in [0.3, 0.4) is 0 Å². The molecule has 2 rings (SSSR count). The zero-order valence-corrected chi connectivity index (χ0v) is 10.2. The molecule has 0 spiro atoms. The fraction of sp³-hybridized carbons (Fsp3) is 0.400. The topological polar surface area (TPSA) is 97.7 Å². The first-order valence-corrected chi connectivity index (χ1v) is 5.40. The molecule has 0 saturated carbocycles. The van der Waals surface area contributed by atoms with Gasteiger partial charge in [0.05, 0.1) is 13.4 Å². The van der Waals surface area contributed by atoms with Crippen molar-refractivity contribution in [2.24, 2.45) is 7.05 Å². The minimum absolute atomic E-state index is 0.176. The van der Waals surface area contributed by atoms with Gasteiger partial charge in [-0.1, -0.05) is 0 Å². The smallest absolute Gasteiger partial charge is 0.295 e. The second-order valence-corrected chi connectivity index (χ2v) is 3.65. The van der Waals surface area contributed by atoms with Gasteiger partial charge in [-0.2, -0.15) is 0 Å². The van der Waals surface area contributed by atoms with Crippen LogP contribution in [0.25, 0.3) is 0 Å². The Morgan fingerprint density at radius 3 is 3.06 bits per heavy atom. The van der Waals surface area contributed by atoms with Crippen LogP contribution in [-0.4, -0.2) is 38.4 Å². The van der Waals surface area contributed by atoms with Crippen molar-refractivity contribution in [3.05, 3.63) is 28.8 Å². The molecule has 2 heterocycles. The number of hydrogen-bond donors (Lipinski definition) is 2. The first-order chi connectivity index (χ1) is 8.72. The van der Waals surface area contributed by atoms with Crippen molar-refractivity contribution < 1.29 is 4.74 Å². The van der Waals surface area contributed by atoms with E-state index in [2.05, 4.69) is 25.5 Å². The number of aryl methyl sites for hydroxylation is 1. The van der Waals surface area contributed by atoms with Gasteiger partial charge in [-0.15, -0.1) is 10.2 Å². The van der Waals surface area contributed by atoms with Crippen LogP contribution < -0.4 is 15.6 Å². The zero-order valence-electron chi connectivity index (χ0n) is 10.2. The summed E-state index contributed by atoms with van der Waals surface area (Å²) in [4.78, 5) is 17.9. The van der Waals surface area contributed by atoms with Crippen molar-refractivity contribution in [1.82, 2.24) is 24.7 Å². The third-order valence-electron chi connectivity index (χ3n) is 2.46. The first kappa shape index (κ1) is 12.1. The molecule has 0 aliphatic carbocycles. The molecular formula is C10H14N6O2. The molecule has 0 aliphatic rings. The van der Waals surface area contributed by atoms with Crippen LogP contribution in [-0.2, 0) is 13.5 Å². The third kappa shape index (κ3) is 2.47. The second-order valence-electron chi connectivity index (χ2n) is 3.65. The molecule has 2 aromatic heterocycles. The predicted molar refractivity (Wildman–Crippen MR) is 64.6 cm³/mol. The van der Waals surface area contributed by atoms with Gasteiger partial charge >= 0.3 is 0 Å². The molecular weight excluding hydrogens is 236 g/mol. The summed E-state index contributed by atoms with van der Waals surface area (Å²) in [5.41, 5.74) is -0.311. The lowest BCUT2D eigenvalue weighted by molar-refractivity contribution is 0.408. The van der Waals surface area contributed by atoms with Gasteiger partial charge in [-0.05, 0) is 0 Å². The number of hydrogen-bond acceptors (Lipinski definition) is 6. The largest absolute Gasteiger partial charge is 0.489 e. The van der Waals surface area contributed by atoms with Crippen molar-refractivity contribution in [1.29, 1.82) is 0 Å². The van der Waals surface area contributed by atoms with E-state index in [4.69, 9.17) is 4.74 Å². The van der Waals surface area contributed by atoms with Crippen LogP contribution in [0.1, 0.15) is 5.82 Å². The Balaban J connectivity index is 2.01. The number of aromatic nitrogens is 5. The minimum Gasteiger partial charge on any atom is -0.489 e. The molecule has 8 heteroatoms. The SMILES string of the molecule is COc1c(NCCc2nncn2C)nc[nH]c1=O. The number of nitrogens with one attached hydrogen (secondary N) is 2. The average molecular weight is 250 g/mol. The van der Waals surface area contributed by atoms with E-state index >= 15 is 0 Å². The molecule has 2 N–H and O–H groups in total. The zero-order chi connectivity index (χ0) is 13.0. The fourth-order valence-electron chi connectivity index (χ4n) is 1.53. The third-order valence-corrected chi connectivity index (χ3v) is 2.46. The van der Waals surface area contributed by atoms with E-state index in [0.717, 1.165) is 5.82 Å². The summed E-state index contributed by atoms with van der Waals surface area (Å²) in [6.07, 6.45) is 3.64. The quantitative estimate of drug-likeness (QED) is 0.746. The maximum atomic E-state index is 11.4. The molecule has 0 aromatic carbocycles. The van der Waals surface area contributed by atoms with Crippen LogP contribution in [0.5, 0.6) is 5.75 Å². The van der Waals surface area contributed by atoms with Crippen LogP contribution in [0.4, 0.5) is 5.82 Å². The number of nitrogens with zero attached hydrogens (tertiary/aromatic N) is 4. The molecule has 0 bridgehead atoms. The number of rotatable bonds is 5. The van der Waals surface area contributed by atoms with Gasteiger partial charge < -0.3 is 19.6 Å². The van der Waals surface area contributed by atoms with E-state index in [0.29, 0.717) is 18.8 Å². The molecule has 0 unspecified atom stereocenters. The molecule has 18 heavy (non-hydrogen) atoms. The summed E-state index contributed by atoms with van der Waals surface area (Å²) >= 11 is 0. The summed E-state index contributed by atoms with van der Waals surface area (Å²) < 4.78 is 6.82. The number of methoxy groups -OCH3 is 1. The Labute approximate surface area is 103 Å². The molecule has 0 radical (unpaired) electrons. The second kappa shape index (κ2) is 5.30. The molecule has 8 nitrogen and oxygen atoms in total. The van der Waals surface area contributed by atoms with Gasteiger partial charge in [0.2, 0.25) is 5.75 Å². The molecule has 96 valence electrons. The van der Waals surface area contributed by atoms with Crippen molar-refractivity contribution in [2.45, 2.75) is 6.42 Å². The minimum atomic E-state index is -0.311. The number of ether oxygens (including phenoxy) is 1. The number of anilines is 1. The van der Waals surface area contributed by atoms with Crippen molar-refractivity contribution in [2.75, 3.05) is 19.0 Å². The summed E-state index contributed by atoms with van der Waals surface area (Å²) in [5, 5.41) is 10.8. The van der Waals surface area contributed by atoms with E-state index in [1.807, 2.05) is 11.6 Å². The van der Waals surface area contributed by atoms with E-state index in [1.54, 1.807) is 6.33 Å². The standard InChI is InChI=1S/C10H14N6O2/c1-16-6-14-15-7(16)3-4-11-9-8(18-2)10(17)13-5-12-9/h5-6H,3-4H2,1-2H3,(H2,11,12,13,17). The van der Waals surface area contributed by atoms with E-state index < -0.39 is 0 Å². The van der Waals surface area contributed by atoms with Gasteiger partial charge in [0.15, 0.2) is 5.82 Å². The Morgan fingerprint density at radius 1 is 1.56 bits per heavy atom. The lowest BCUT2D eigenvalue weighted by atomic mass is 10.4. The number of aromatic amines is 1. The van der Waals surface area contributed by atoms with Crippen LogP contribution in [0, 0.1) is 0 Å². The predicted octanol–water partition coefficient (Wildman–Crippen LogP) is -0.438. The van der Waals surface area contributed by atoms with Crippen LogP contribution in [0.15, 0.2) is 17.4 Å². The first-order valence-electron chi connectivity index (χ1n) is 5.40. The highest BCUT2D eigenvalue weighted by atomic mass is 16.5. The van der Waals surface area contributed by atoms with Crippen molar-refractivity contribution in [3.8, 4) is 5.75 Å². The Morgan fingerprint density at radius 2 is 2.39 bits per heavy atom. The van der Waals surface area contributed by atoms with Crippen LogP contribution >= 0.6 is 0 Å². The summed E-state index contributed by atoms with van der Waals surface area (Å²) in [5.74, 6) is 1.45. The van der Waals surface area contributed by atoms with E-state index in [9.17, 15) is 4.79 Å². The molecule has 0 aliphatic heterocycles. The highest BCUT2D eigenvalue weighted by Crippen LogP contribution is 2.13. The fourth-order valence-corrected chi connectivity index (χ4v) is 1.53. The van der Waals surface area contributed by atoms with E-state index in [1.165, 1.54) is 13.4 Å². The highest BCUT2D eigenvalue weighted by molar-refractivity contribution is 5.47. The molecule has 0 saturated heterocycles. The number of H-pyrrole nitrogens is 1. The Kier molecular flexibility index (Phi) is 3.56. The van der Waals surface area contributed by atoms with Crippen molar-refractivity contribution in [3.63, 3.8) is 0 Å². The maximum Gasteiger partial charge on any atom is 0.295 e. The van der Waals surface area contributed by atoms with Gasteiger partial charge in [-0.25, -0.2) is 4.98 Å². The van der Waals surface area contributed by atoms with Crippen molar-refractivity contribution >= 4 is 5.82 Å². The Bertz CT molecular complexity index is 576. The summed E-state index contributed by atoms with van der Waals surface area (Å²) in [6.45, 7) is 0.583. The van der Waals surface area contributed by atoms with Gasteiger partial charge in [0, 0.05) is 20.0 Å². The molecule has 0 amide bonds. The van der Waals surface area contributed by atoms with Gasteiger partial charge in [0.1, 0.15) is 12.2 Å². The highest BCUT2D eigenvalue weighted by Gasteiger charge is 2.08. The lowest BCUT2D eigenvalue weighted by Crippen LogP contribution is -2.16. The maximum absolute atomic E-state index is 11.4. The van der Waals surface area contributed by atoms with Gasteiger partial charge in [-0.3, -0.25) is 4.79 Å². The van der Waals surface area contributed by atoms with E-state index in [-0.39, 0.29) is 11.3 Å². The monoisotopic (exact) mass is 250 g/mol. The van der Waals surface area contributed by atoms with Crippen LogP contribution in [0.2, 0.25) is 0 Å². The summed E-state index contributed by atoms with van der Waals surface area (Å²) in [6, 6.07) is 0. The molecule has 2 aromatic rings. The normalized spacial score (nSPS) is 10.3. The summed E-state index contributed by atoms with van der Waals surface area (Å²) in [7, 11) is 3.31. The molecule has 0 fully saturated rings. The average Bonchev–Trinajstić information content (AvgIpc) is 2.75. The Hall–Kier alpha value is -2.38. The lowest BCUT2D eigenvalue weighted by Gasteiger charge is -2.08.